The topological polar surface area (TPSA) is 24.5 Å². The fourth-order valence-corrected chi connectivity index (χ4v) is 3.27. The standard InChI is InChI=1S/C16H32N2O/c1-13(2)17-11-14-6-9-18(10-7-14)12-15-5-8-16(3,4)19-15/h13-15,17H,5-12H2,1-4H3. The predicted molar refractivity (Wildman–Crippen MR) is 80.5 cm³/mol. The molecule has 1 atom stereocenters. The Bertz CT molecular complexity index is 270. The van der Waals surface area contributed by atoms with Gasteiger partial charge < -0.3 is 15.0 Å². The number of nitrogens with zero attached hydrogens (tertiary/aromatic N) is 1. The van der Waals surface area contributed by atoms with Crippen LogP contribution in [0.1, 0.15) is 53.4 Å². The van der Waals surface area contributed by atoms with E-state index in [1.54, 1.807) is 0 Å². The highest BCUT2D eigenvalue weighted by atomic mass is 16.5. The molecule has 3 nitrogen and oxygen atoms in total. The summed E-state index contributed by atoms with van der Waals surface area (Å²) in [4.78, 5) is 2.61. The Morgan fingerprint density at radius 3 is 2.42 bits per heavy atom. The number of hydrogen-bond donors (Lipinski definition) is 1. The Morgan fingerprint density at radius 2 is 1.89 bits per heavy atom. The number of piperidine rings is 1. The van der Waals surface area contributed by atoms with Gasteiger partial charge in [-0.2, -0.15) is 0 Å². The zero-order valence-electron chi connectivity index (χ0n) is 13.2. The monoisotopic (exact) mass is 268 g/mol. The summed E-state index contributed by atoms with van der Waals surface area (Å²) in [5, 5.41) is 3.57. The maximum absolute atomic E-state index is 6.10. The molecule has 0 spiro atoms. The van der Waals surface area contributed by atoms with Crippen molar-refractivity contribution in [3.05, 3.63) is 0 Å². The average molecular weight is 268 g/mol. The van der Waals surface area contributed by atoms with Crippen molar-refractivity contribution in [1.29, 1.82) is 0 Å². The highest BCUT2D eigenvalue weighted by Gasteiger charge is 2.33. The van der Waals surface area contributed by atoms with Gasteiger partial charge >= 0.3 is 0 Å². The zero-order chi connectivity index (χ0) is 13.9. The molecule has 2 saturated heterocycles. The smallest absolute Gasteiger partial charge is 0.0710 e. The largest absolute Gasteiger partial charge is 0.371 e. The second-order valence-electron chi connectivity index (χ2n) is 7.35. The summed E-state index contributed by atoms with van der Waals surface area (Å²) in [6.45, 7) is 13.7. The number of ether oxygens (including phenoxy) is 1. The van der Waals surface area contributed by atoms with Gasteiger partial charge in [-0.3, -0.25) is 0 Å². The summed E-state index contributed by atoms with van der Waals surface area (Å²) in [6, 6.07) is 0.618. The molecule has 2 aliphatic rings. The lowest BCUT2D eigenvalue weighted by Crippen LogP contribution is -2.42. The van der Waals surface area contributed by atoms with E-state index in [1.165, 1.54) is 45.3 Å². The summed E-state index contributed by atoms with van der Waals surface area (Å²) < 4.78 is 6.10. The van der Waals surface area contributed by atoms with Gasteiger partial charge in [0.05, 0.1) is 11.7 Å². The van der Waals surface area contributed by atoms with E-state index in [1.807, 2.05) is 0 Å². The van der Waals surface area contributed by atoms with Crippen LogP contribution in [0.2, 0.25) is 0 Å². The number of nitrogens with one attached hydrogen (secondary N) is 1. The third kappa shape index (κ3) is 5.05. The molecule has 1 unspecified atom stereocenters. The molecule has 112 valence electrons. The van der Waals surface area contributed by atoms with Crippen LogP contribution < -0.4 is 5.32 Å². The molecular weight excluding hydrogens is 236 g/mol. The lowest BCUT2D eigenvalue weighted by atomic mass is 9.96. The van der Waals surface area contributed by atoms with Gasteiger partial charge in [0.1, 0.15) is 0 Å². The normalized spacial score (nSPS) is 29.2. The van der Waals surface area contributed by atoms with Gasteiger partial charge in [0, 0.05) is 12.6 Å². The van der Waals surface area contributed by atoms with Crippen LogP contribution in [0.3, 0.4) is 0 Å². The van der Waals surface area contributed by atoms with Crippen molar-refractivity contribution < 1.29 is 4.74 Å². The van der Waals surface area contributed by atoms with Crippen molar-refractivity contribution in [2.24, 2.45) is 5.92 Å². The Balaban J connectivity index is 1.64. The van der Waals surface area contributed by atoms with E-state index in [0.717, 1.165) is 12.5 Å². The molecule has 19 heavy (non-hydrogen) atoms. The van der Waals surface area contributed by atoms with Gasteiger partial charge in [-0.15, -0.1) is 0 Å². The molecule has 2 aliphatic heterocycles. The third-order valence-corrected chi connectivity index (χ3v) is 4.54. The first-order valence-corrected chi connectivity index (χ1v) is 8.08. The first-order chi connectivity index (χ1) is 8.94. The minimum atomic E-state index is 0.115. The van der Waals surface area contributed by atoms with Crippen LogP contribution in [0.4, 0.5) is 0 Å². The molecule has 0 aromatic heterocycles. The Kier molecular flexibility index (Phi) is 5.27. The van der Waals surface area contributed by atoms with E-state index in [4.69, 9.17) is 4.74 Å². The Labute approximate surface area is 119 Å². The molecule has 3 heteroatoms. The molecule has 0 aromatic rings. The van der Waals surface area contributed by atoms with Gasteiger partial charge in [-0.25, -0.2) is 0 Å². The van der Waals surface area contributed by atoms with Gasteiger partial charge in [-0.05, 0) is 65.1 Å². The quantitative estimate of drug-likeness (QED) is 0.829. The number of hydrogen-bond acceptors (Lipinski definition) is 3. The van der Waals surface area contributed by atoms with Crippen LogP contribution >= 0.6 is 0 Å². The van der Waals surface area contributed by atoms with E-state index in [9.17, 15) is 0 Å². The van der Waals surface area contributed by atoms with E-state index >= 15 is 0 Å². The first kappa shape index (κ1) is 15.3. The average Bonchev–Trinajstić information content (AvgIpc) is 2.68. The van der Waals surface area contributed by atoms with Crippen molar-refractivity contribution in [3.8, 4) is 0 Å². The minimum Gasteiger partial charge on any atom is -0.371 e. The molecule has 2 rings (SSSR count). The fourth-order valence-electron chi connectivity index (χ4n) is 3.27. The van der Waals surface area contributed by atoms with Crippen LogP contribution in [0.5, 0.6) is 0 Å². The fraction of sp³-hybridized carbons (Fsp3) is 1.00. The first-order valence-electron chi connectivity index (χ1n) is 8.08. The molecule has 2 heterocycles. The van der Waals surface area contributed by atoms with Crippen LogP contribution in [0, 0.1) is 5.92 Å². The lowest BCUT2D eigenvalue weighted by molar-refractivity contribution is -0.0319. The molecule has 1 N–H and O–H groups in total. The summed E-state index contributed by atoms with van der Waals surface area (Å²) in [5.74, 6) is 0.875. The highest BCUT2D eigenvalue weighted by molar-refractivity contribution is 4.84. The highest BCUT2D eigenvalue weighted by Crippen LogP contribution is 2.30. The molecule has 0 amide bonds. The van der Waals surface area contributed by atoms with Gasteiger partial charge in [0.2, 0.25) is 0 Å². The van der Waals surface area contributed by atoms with Gasteiger partial charge in [0.15, 0.2) is 0 Å². The van der Waals surface area contributed by atoms with E-state index < -0.39 is 0 Å². The second kappa shape index (κ2) is 6.55. The summed E-state index contributed by atoms with van der Waals surface area (Å²) >= 11 is 0. The number of likely N-dealkylation sites (tertiary alicyclic amines) is 1. The lowest BCUT2D eigenvalue weighted by Gasteiger charge is -2.34. The third-order valence-electron chi connectivity index (χ3n) is 4.54. The van der Waals surface area contributed by atoms with Crippen LogP contribution in [0.15, 0.2) is 0 Å². The van der Waals surface area contributed by atoms with Crippen molar-refractivity contribution in [3.63, 3.8) is 0 Å². The molecule has 0 aliphatic carbocycles. The van der Waals surface area contributed by atoms with E-state index in [2.05, 4.69) is 37.9 Å². The second-order valence-corrected chi connectivity index (χ2v) is 7.35. The van der Waals surface area contributed by atoms with Gasteiger partial charge in [-0.1, -0.05) is 13.8 Å². The summed E-state index contributed by atoms with van der Waals surface area (Å²) in [6.07, 6.45) is 5.61. The molecule has 0 bridgehead atoms. The zero-order valence-corrected chi connectivity index (χ0v) is 13.2. The maximum Gasteiger partial charge on any atom is 0.0710 e. The van der Waals surface area contributed by atoms with Crippen LogP contribution in [-0.2, 0) is 4.74 Å². The summed E-state index contributed by atoms with van der Waals surface area (Å²) in [5.41, 5.74) is 0.115. The summed E-state index contributed by atoms with van der Waals surface area (Å²) in [7, 11) is 0. The molecular formula is C16H32N2O. The molecule has 2 fully saturated rings. The van der Waals surface area contributed by atoms with Crippen molar-refractivity contribution in [1.82, 2.24) is 10.2 Å². The predicted octanol–water partition coefficient (Wildman–Crippen LogP) is 2.65. The Hall–Kier alpha value is -0.120. The van der Waals surface area contributed by atoms with Crippen molar-refractivity contribution >= 4 is 0 Å². The molecule has 0 aromatic carbocycles. The van der Waals surface area contributed by atoms with Crippen molar-refractivity contribution in [2.45, 2.75) is 71.1 Å². The molecule has 0 saturated carbocycles. The SMILES string of the molecule is CC(C)NCC1CCN(CC2CCC(C)(C)O2)CC1. The van der Waals surface area contributed by atoms with Crippen LogP contribution in [0.25, 0.3) is 0 Å². The Morgan fingerprint density at radius 1 is 1.21 bits per heavy atom. The van der Waals surface area contributed by atoms with E-state index in [0.29, 0.717) is 12.1 Å². The maximum atomic E-state index is 6.10. The van der Waals surface area contributed by atoms with Crippen molar-refractivity contribution in [2.75, 3.05) is 26.2 Å². The minimum absolute atomic E-state index is 0.115. The molecule has 0 radical (unpaired) electrons. The van der Waals surface area contributed by atoms with Gasteiger partial charge in [0.25, 0.3) is 0 Å². The van der Waals surface area contributed by atoms with Crippen LogP contribution in [-0.4, -0.2) is 48.8 Å². The van der Waals surface area contributed by atoms with E-state index in [-0.39, 0.29) is 5.60 Å². The number of rotatable bonds is 5.